The van der Waals surface area contributed by atoms with Gasteiger partial charge in [0.05, 0.1) is 6.20 Å². The maximum Gasteiger partial charge on any atom is 0.276 e. The predicted molar refractivity (Wildman–Crippen MR) is 64.5 cm³/mol. The summed E-state index contributed by atoms with van der Waals surface area (Å²) in [7, 11) is 0. The largest absolute Gasteiger partial charge is 0.337 e. The number of hydrogen-bond acceptors (Lipinski definition) is 3. The van der Waals surface area contributed by atoms with Gasteiger partial charge in [-0.15, -0.1) is 0 Å². The van der Waals surface area contributed by atoms with Crippen LogP contribution < -0.4 is 0 Å². The molecule has 0 saturated carbocycles. The van der Waals surface area contributed by atoms with Gasteiger partial charge in [0.1, 0.15) is 0 Å². The molecule has 2 rings (SSSR count). The van der Waals surface area contributed by atoms with Crippen LogP contribution in [0.2, 0.25) is 0 Å². The quantitative estimate of drug-likeness (QED) is 0.871. The van der Waals surface area contributed by atoms with Crippen molar-refractivity contribution < 1.29 is 4.79 Å². The van der Waals surface area contributed by atoms with Crippen molar-refractivity contribution in [3.05, 3.63) is 11.9 Å². The van der Waals surface area contributed by atoms with Crippen LogP contribution in [-0.2, 0) is 0 Å². The lowest BCUT2D eigenvalue weighted by molar-refractivity contribution is 0.0552. The van der Waals surface area contributed by atoms with Crippen molar-refractivity contribution >= 4 is 5.91 Å². The lowest BCUT2D eigenvalue weighted by Gasteiger charge is -2.40. The maximum atomic E-state index is 12.1. The number of amides is 1. The van der Waals surface area contributed by atoms with Crippen LogP contribution in [0.4, 0.5) is 0 Å². The van der Waals surface area contributed by atoms with Gasteiger partial charge < -0.3 is 4.90 Å². The van der Waals surface area contributed by atoms with Crippen molar-refractivity contribution in [1.82, 2.24) is 20.3 Å². The van der Waals surface area contributed by atoms with E-state index in [0.717, 1.165) is 25.9 Å². The number of H-pyrrole nitrogens is 1. The van der Waals surface area contributed by atoms with Crippen molar-refractivity contribution in [1.29, 1.82) is 0 Å². The molecule has 5 nitrogen and oxygen atoms in total. The molecule has 0 atom stereocenters. The summed E-state index contributed by atoms with van der Waals surface area (Å²) < 4.78 is 0. The molecule has 1 amide bonds. The number of hydrogen-bond donors (Lipinski definition) is 1. The highest BCUT2D eigenvalue weighted by Gasteiger charge is 2.33. The standard InChI is InChI=1S/C12H20N4O/c1-3-12(4-2)5-7-16(8-6-12)11(17)10-9-13-15-14-10/h9H,3-8H2,1-2H3,(H,13,14,15). The second-order valence-electron chi connectivity index (χ2n) is 4.85. The van der Waals surface area contributed by atoms with Crippen LogP contribution in [0.3, 0.4) is 0 Å². The fourth-order valence-electron chi connectivity index (χ4n) is 2.61. The third kappa shape index (κ3) is 2.33. The molecular formula is C12H20N4O. The zero-order chi connectivity index (χ0) is 12.3. The van der Waals surface area contributed by atoms with Crippen LogP contribution in [0.1, 0.15) is 50.0 Å². The van der Waals surface area contributed by atoms with Crippen molar-refractivity contribution in [2.45, 2.75) is 39.5 Å². The minimum Gasteiger partial charge on any atom is -0.337 e. The van der Waals surface area contributed by atoms with Crippen molar-refractivity contribution in [3.63, 3.8) is 0 Å². The smallest absolute Gasteiger partial charge is 0.276 e. The van der Waals surface area contributed by atoms with E-state index in [1.807, 2.05) is 4.90 Å². The van der Waals surface area contributed by atoms with E-state index in [1.165, 1.54) is 19.0 Å². The molecule has 1 N–H and O–H groups in total. The Kier molecular flexibility index (Phi) is 3.45. The van der Waals surface area contributed by atoms with Crippen molar-refractivity contribution in [2.75, 3.05) is 13.1 Å². The van der Waals surface area contributed by atoms with Crippen molar-refractivity contribution in [2.24, 2.45) is 5.41 Å². The van der Waals surface area contributed by atoms with Crippen LogP contribution in [0, 0.1) is 5.41 Å². The van der Waals surface area contributed by atoms with Gasteiger partial charge in [-0.1, -0.05) is 26.7 Å². The molecule has 1 aromatic rings. The number of aromatic nitrogens is 3. The molecule has 94 valence electrons. The number of piperidine rings is 1. The highest BCUT2D eigenvalue weighted by atomic mass is 16.2. The van der Waals surface area contributed by atoms with E-state index in [1.54, 1.807) is 0 Å². The van der Waals surface area contributed by atoms with Gasteiger partial charge in [0.15, 0.2) is 5.69 Å². The van der Waals surface area contributed by atoms with Gasteiger partial charge in [-0.2, -0.15) is 15.4 Å². The number of carbonyl (C=O) groups excluding carboxylic acids is 1. The molecule has 0 aromatic carbocycles. The molecule has 1 aliphatic heterocycles. The third-order valence-corrected chi connectivity index (χ3v) is 4.25. The normalized spacial score (nSPS) is 19.3. The molecule has 17 heavy (non-hydrogen) atoms. The highest BCUT2D eigenvalue weighted by Crippen LogP contribution is 2.38. The van der Waals surface area contributed by atoms with Crippen LogP contribution in [0.25, 0.3) is 0 Å². The number of nitrogens with one attached hydrogen (secondary N) is 1. The average Bonchev–Trinajstić information content (AvgIpc) is 2.92. The maximum absolute atomic E-state index is 12.1. The number of carbonyl (C=O) groups is 1. The molecule has 0 unspecified atom stereocenters. The Balaban J connectivity index is 1.97. The Morgan fingerprint density at radius 1 is 1.41 bits per heavy atom. The number of rotatable bonds is 3. The summed E-state index contributed by atoms with van der Waals surface area (Å²) in [6.07, 6.45) is 6.10. The predicted octanol–water partition coefficient (Wildman–Crippen LogP) is 1.85. The van der Waals surface area contributed by atoms with Gasteiger partial charge in [0.25, 0.3) is 5.91 Å². The molecule has 1 aromatic heterocycles. The molecular weight excluding hydrogens is 216 g/mol. The van der Waals surface area contributed by atoms with Crippen LogP contribution in [0.15, 0.2) is 6.20 Å². The first-order chi connectivity index (χ1) is 8.21. The molecule has 0 aliphatic carbocycles. The summed E-state index contributed by atoms with van der Waals surface area (Å²) in [6, 6.07) is 0. The summed E-state index contributed by atoms with van der Waals surface area (Å²) in [4.78, 5) is 13.9. The summed E-state index contributed by atoms with van der Waals surface area (Å²) in [5.41, 5.74) is 0.867. The first kappa shape index (κ1) is 12.1. The van der Waals surface area contributed by atoms with Gasteiger partial charge >= 0.3 is 0 Å². The van der Waals surface area contributed by atoms with Crippen LogP contribution in [-0.4, -0.2) is 39.3 Å². The summed E-state index contributed by atoms with van der Waals surface area (Å²) >= 11 is 0. The Labute approximate surface area is 102 Å². The van der Waals surface area contributed by atoms with Crippen molar-refractivity contribution in [3.8, 4) is 0 Å². The van der Waals surface area contributed by atoms with Crippen LogP contribution in [0.5, 0.6) is 0 Å². The Bertz CT molecular complexity index is 360. The monoisotopic (exact) mass is 236 g/mol. The molecule has 5 heteroatoms. The molecule has 0 spiro atoms. The SMILES string of the molecule is CCC1(CC)CCN(C(=O)c2cn[nH]n2)CC1. The van der Waals surface area contributed by atoms with Gasteiger partial charge in [-0.25, -0.2) is 0 Å². The van der Waals surface area contributed by atoms with E-state index in [-0.39, 0.29) is 5.91 Å². The fraction of sp³-hybridized carbons (Fsp3) is 0.750. The second kappa shape index (κ2) is 4.85. The fourth-order valence-corrected chi connectivity index (χ4v) is 2.61. The first-order valence-electron chi connectivity index (χ1n) is 6.36. The number of aromatic amines is 1. The van der Waals surface area contributed by atoms with Crippen LogP contribution >= 0.6 is 0 Å². The number of likely N-dealkylation sites (tertiary alicyclic amines) is 1. The van der Waals surface area contributed by atoms with E-state index in [4.69, 9.17) is 0 Å². The number of nitrogens with zero attached hydrogens (tertiary/aromatic N) is 3. The summed E-state index contributed by atoms with van der Waals surface area (Å²) in [5.74, 6) is -0.000411. The Morgan fingerprint density at radius 2 is 2.06 bits per heavy atom. The highest BCUT2D eigenvalue weighted by molar-refractivity contribution is 5.91. The third-order valence-electron chi connectivity index (χ3n) is 4.25. The van der Waals surface area contributed by atoms with E-state index in [0.29, 0.717) is 11.1 Å². The van der Waals surface area contributed by atoms with Gasteiger partial charge in [0.2, 0.25) is 0 Å². The second-order valence-corrected chi connectivity index (χ2v) is 4.85. The van der Waals surface area contributed by atoms with E-state index in [2.05, 4.69) is 29.3 Å². The Hall–Kier alpha value is -1.39. The average molecular weight is 236 g/mol. The topological polar surface area (TPSA) is 61.9 Å². The molecule has 1 aliphatic rings. The van der Waals surface area contributed by atoms with Gasteiger partial charge in [0, 0.05) is 13.1 Å². The molecule has 1 fully saturated rings. The lowest BCUT2D eigenvalue weighted by Crippen LogP contribution is -2.42. The molecule has 0 radical (unpaired) electrons. The molecule has 2 heterocycles. The zero-order valence-electron chi connectivity index (χ0n) is 10.6. The minimum absolute atomic E-state index is 0.000411. The van der Waals surface area contributed by atoms with Gasteiger partial charge in [-0.05, 0) is 18.3 Å². The summed E-state index contributed by atoms with van der Waals surface area (Å²) in [6.45, 7) is 6.18. The molecule has 1 saturated heterocycles. The lowest BCUT2D eigenvalue weighted by atomic mass is 9.74. The Morgan fingerprint density at radius 3 is 2.53 bits per heavy atom. The minimum atomic E-state index is -0.000411. The zero-order valence-corrected chi connectivity index (χ0v) is 10.6. The first-order valence-corrected chi connectivity index (χ1v) is 6.36. The van der Waals surface area contributed by atoms with E-state index in [9.17, 15) is 4.79 Å². The van der Waals surface area contributed by atoms with E-state index >= 15 is 0 Å². The molecule has 0 bridgehead atoms. The van der Waals surface area contributed by atoms with Gasteiger partial charge in [-0.3, -0.25) is 4.79 Å². The summed E-state index contributed by atoms with van der Waals surface area (Å²) in [5, 5.41) is 10.00. The van der Waals surface area contributed by atoms with E-state index < -0.39 is 0 Å².